The third kappa shape index (κ3) is 2.83. The van der Waals surface area contributed by atoms with Gasteiger partial charge in [0.1, 0.15) is 5.54 Å². The number of hydrogen-bond acceptors (Lipinski definition) is 3. The van der Waals surface area contributed by atoms with Crippen molar-refractivity contribution in [2.75, 3.05) is 20.3 Å². The number of likely N-dealkylation sites (N-methyl/N-ethyl adjacent to an activating group) is 1. The lowest BCUT2D eigenvalue weighted by atomic mass is 9.98. The Bertz CT molecular complexity index is 427. The van der Waals surface area contributed by atoms with Crippen LogP contribution in [0.15, 0.2) is 24.3 Å². The Labute approximate surface area is 112 Å². The van der Waals surface area contributed by atoms with Crippen LogP contribution >= 0.6 is 11.6 Å². The van der Waals surface area contributed by atoms with Crippen molar-refractivity contribution in [1.29, 1.82) is 0 Å². The van der Waals surface area contributed by atoms with E-state index in [9.17, 15) is 4.79 Å². The summed E-state index contributed by atoms with van der Waals surface area (Å²) in [5, 5.41) is 0.687. The number of halogens is 1. The molecule has 0 spiro atoms. The van der Waals surface area contributed by atoms with Crippen LogP contribution < -0.4 is 5.73 Å². The molecule has 4 nitrogen and oxygen atoms in total. The molecule has 1 aliphatic rings. The molecule has 1 amide bonds. The Morgan fingerprint density at radius 3 is 2.72 bits per heavy atom. The quantitative estimate of drug-likeness (QED) is 0.902. The molecule has 0 aromatic heterocycles. The number of rotatable bonds is 3. The van der Waals surface area contributed by atoms with Gasteiger partial charge in [-0.15, -0.1) is 0 Å². The largest absolute Gasteiger partial charge is 0.379 e. The van der Waals surface area contributed by atoms with Crippen molar-refractivity contribution in [3.63, 3.8) is 0 Å². The van der Waals surface area contributed by atoms with E-state index in [0.29, 0.717) is 31.2 Å². The molecule has 1 saturated heterocycles. The minimum Gasteiger partial charge on any atom is -0.379 e. The first kappa shape index (κ1) is 13.3. The number of hydrogen-bond donors (Lipinski definition) is 1. The van der Waals surface area contributed by atoms with Gasteiger partial charge in [-0.2, -0.15) is 0 Å². The predicted molar refractivity (Wildman–Crippen MR) is 70.3 cm³/mol. The molecule has 2 rings (SSSR count). The van der Waals surface area contributed by atoms with E-state index >= 15 is 0 Å². The summed E-state index contributed by atoms with van der Waals surface area (Å²) in [6.07, 6.45) is 0.580. The summed E-state index contributed by atoms with van der Waals surface area (Å²) in [6, 6.07) is 7.43. The van der Waals surface area contributed by atoms with Gasteiger partial charge in [-0.25, -0.2) is 0 Å². The van der Waals surface area contributed by atoms with E-state index in [4.69, 9.17) is 22.1 Å². The van der Waals surface area contributed by atoms with Crippen molar-refractivity contribution in [2.45, 2.75) is 18.5 Å². The third-order valence-corrected chi connectivity index (χ3v) is 3.41. The zero-order valence-electron chi connectivity index (χ0n) is 10.4. The average molecular weight is 269 g/mol. The Kier molecular flexibility index (Phi) is 3.90. The highest BCUT2D eigenvalue weighted by atomic mass is 35.5. The molecular weight excluding hydrogens is 252 g/mol. The maximum absolute atomic E-state index is 12.2. The Hall–Kier alpha value is -1.10. The molecule has 5 heteroatoms. The van der Waals surface area contributed by atoms with Crippen LogP contribution in [0.25, 0.3) is 0 Å². The van der Waals surface area contributed by atoms with Crippen molar-refractivity contribution in [1.82, 2.24) is 4.90 Å². The van der Waals surface area contributed by atoms with Gasteiger partial charge in [0.2, 0.25) is 5.91 Å². The number of amides is 1. The number of carbonyl (C=O) groups excluding carboxylic acids is 1. The van der Waals surface area contributed by atoms with E-state index in [2.05, 4.69) is 0 Å². The van der Waals surface area contributed by atoms with Crippen LogP contribution in [0.5, 0.6) is 0 Å². The van der Waals surface area contributed by atoms with Gasteiger partial charge >= 0.3 is 0 Å². The molecule has 0 aliphatic carbocycles. The lowest BCUT2D eigenvalue weighted by Gasteiger charge is -2.27. The molecule has 18 heavy (non-hydrogen) atoms. The minimum absolute atomic E-state index is 0.0741. The van der Waals surface area contributed by atoms with Gasteiger partial charge in [0.15, 0.2) is 0 Å². The van der Waals surface area contributed by atoms with E-state index in [1.807, 2.05) is 24.3 Å². The van der Waals surface area contributed by atoms with Crippen molar-refractivity contribution in [3.05, 3.63) is 34.9 Å². The van der Waals surface area contributed by atoms with Crippen LogP contribution in [0.2, 0.25) is 5.02 Å². The lowest BCUT2D eigenvalue weighted by Crippen LogP contribution is -2.54. The molecule has 2 N–H and O–H groups in total. The first-order valence-electron chi connectivity index (χ1n) is 5.88. The average Bonchev–Trinajstić information content (AvgIpc) is 2.79. The van der Waals surface area contributed by atoms with Crippen molar-refractivity contribution >= 4 is 17.5 Å². The highest BCUT2D eigenvalue weighted by molar-refractivity contribution is 6.30. The SMILES string of the molecule is CN(Cc1ccc(Cl)cc1)C(=O)C1(N)CCOC1. The fraction of sp³-hybridized carbons (Fsp3) is 0.462. The molecule has 1 unspecified atom stereocenters. The third-order valence-electron chi connectivity index (χ3n) is 3.16. The Morgan fingerprint density at radius 1 is 1.50 bits per heavy atom. The second-order valence-electron chi connectivity index (χ2n) is 4.75. The monoisotopic (exact) mass is 268 g/mol. The van der Waals surface area contributed by atoms with Gasteiger partial charge in [-0.1, -0.05) is 23.7 Å². The molecule has 1 atom stereocenters. The van der Waals surface area contributed by atoms with E-state index in [0.717, 1.165) is 5.56 Å². The molecule has 1 fully saturated rings. The van der Waals surface area contributed by atoms with E-state index < -0.39 is 5.54 Å². The zero-order chi connectivity index (χ0) is 13.2. The van der Waals surface area contributed by atoms with Gasteiger partial charge in [-0.05, 0) is 24.1 Å². The summed E-state index contributed by atoms with van der Waals surface area (Å²) < 4.78 is 5.21. The van der Waals surface area contributed by atoms with Gasteiger partial charge in [0, 0.05) is 25.2 Å². The van der Waals surface area contributed by atoms with Gasteiger partial charge in [-0.3, -0.25) is 4.79 Å². The molecule has 1 aromatic carbocycles. The topological polar surface area (TPSA) is 55.6 Å². The van der Waals surface area contributed by atoms with E-state index in [-0.39, 0.29) is 5.91 Å². The second-order valence-corrected chi connectivity index (χ2v) is 5.18. The highest BCUT2D eigenvalue weighted by Gasteiger charge is 2.40. The number of benzene rings is 1. The Morgan fingerprint density at radius 2 is 2.17 bits per heavy atom. The zero-order valence-corrected chi connectivity index (χ0v) is 11.1. The number of nitrogens with two attached hydrogens (primary N) is 1. The number of nitrogens with zero attached hydrogens (tertiary/aromatic N) is 1. The standard InChI is InChI=1S/C13H17ClN2O2/c1-16(8-10-2-4-11(14)5-3-10)12(17)13(15)6-7-18-9-13/h2-5H,6-9,15H2,1H3. The summed E-state index contributed by atoms with van der Waals surface area (Å²) in [5.41, 5.74) is 6.21. The fourth-order valence-electron chi connectivity index (χ4n) is 2.07. The molecule has 0 bridgehead atoms. The van der Waals surface area contributed by atoms with Crippen LogP contribution in [-0.2, 0) is 16.1 Å². The maximum atomic E-state index is 12.2. The highest BCUT2D eigenvalue weighted by Crippen LogP contribution is 2.19. The number of ether oxygens (including phenoxy) is 1. The fourth-order valence-corrected chi connectivity index (χ4v) is 2.19. The molecule has 0 radical (unpaired) electrons. The Balaban J connectivity index is 2.01. The molecular formula is C13H17ClN2O2. The van der Waals surface area contributed by atoms with Crippen LogP contribution in [0.4, 0.5) is 0 Å². The van der Waals surface area contributed by atoms with Crippen LogP contribution in [-0.4, -0.2) is 36.6 Å². The molecule has 98 valence electrons. The summed E-state index contributed by atoms with van der Waals surface area (Å²) >= 11 is 5.82. The van der Waals surface area contributed by atoms with Gasteiger partial charge in [0.05, 0.1) is 6.61 Å². The van der Waals surface area contributed by atoms with Crippen molar-refractivity contribution < 1.29 is 9.53 Å². The minimum atomic E-state index is -0.860. The summed E-state index contributed by atoms with van der Waals surface area (Å²) in [5.74, 6) is -0.0741. The molecule has 1 aromatic rings. The molecule has 0 saturated carbocycles. The van der Waals surface area contributed by atoms with E-state index in [1.54, 1.807) is 11.9 Å². The maximum Gasteiger partial charge on any atom is 0.245 e. The van der Waals surface area contributed by atoms with Crippen LogP contribution in [0.3, 0.4) is 0 Å². The summed E-state index contributed by atoms with van der Waals surface area (Å²) in [4.78, 5) is 13.9. The van der Waals surface area contributed by atoms with Crippen LogP contribution in [0.1, 0.15) is 12.0 Å². The second kappa shape index (κ2) is 5.26. The molecule has 1 heterocycles. The van der Waals surface area contributed by atoms with Crippen molar-refractivity contribution in [2.24, 2.45) is 5.73 Å². The normalized spacial score (nSPS) is 23.1. The summed E-state index contributed by atoms with van der Waals surface area (Å²) in [6.45, 7) is 1.38. The van der Waals surface area contributed by atoms with Gasteiger partial charge in [0.25, 0.3) is 0 Å². The smallest absolute Gasteiger partial charge is 0.245 e. The lowest BCUT2D eigenvalue weighted by molar-refractivity contribution is -0.136. The van der Waals surface area contributed by atoms with E-state index in [1.165, 1.54) is 0 Å². The predicted octanol–water partition coefficient (Wildman–Crippen LogP) is 1.42. The van der Waals surface area contributed by atoms with Crippen molar-refractivity contribution in [3.8, 4) is 0 Å². The van der Waals surface area contributed by atoms with Crippen LogP contribution in [0, 0.1) is 0 Å². The first-order valence-corrected chi connectivity index (χ1v) is 6.26. The van der Waals surface area contributed by atoms with Gasteiger partial charge < -0.3 is 15.4 Å². The summed E-state index contributed by atoms with van der Waals surface area (Å²) in [7, 11) is 1.75. The first-order chi connectivity index (χ1) is 8.51. The number of carbonyl (C=O) groups is 1. The molecule has 1 aliphatic heterocycles.